The summed E-state index contributed by atoms with van der Waals surface area (Å²) in [5.74, 6) is -0.817. The van der Waals surface area contributed by atoms with Gasteiger partial charge < -0.3 is 5.32 Å². The fourth-order valence-electron chi connectivity index (χ4n) is 2.69. The largest absolute Gasteiger partial charge is 0.350 e. The summed E-state index contributed by atoms with van der Waals surface area (Å²) in [4.78, 5) is 28.6. The molecule has 0 aliphatic carbocycles. The van der Waals surface area contributed by atoms with Crippen LogP contribution in [0.3, 0.4) is 0 Å². The van der Waals surface area contributed by atoms with Gasteiger partial charge in [-0.2, -0.15) is 0 Å². The molecule has 1 N–H and O–H groups in total. The maximum atomic E-state index is 13.3. The number of benzene rings is 2. The number of aromatic nitrogens is 2. The minimum absolute atomic E-state index is 0.157. The molecule has 6 heteroatoms. The fraction of sp³-hybridized carbons (Fsp3) is 0.211. The minimum Gasteiger partial charge on any atom is -0.350 e. The molecule has 1 amide bonds. The van der Waals surface area contributed by atoms with E-state index in [1.54, 1.807) is 0 Å². The number of nitrogens with one attached hydrogen (secondary N) is 1. The zero-order valence-electron chi connectivity index (χ0n) is 14.0. The summed E-state index contributed by atoms with van der Waals surface area (Å²) in [5, 5.41) is 2.95. The number of nitrogens with zero attached hydrogens (tertiary/aromatic N) is 2. The quantitative estimate of drug-likeness (QED) is 0.794. The lowest BCUT2D eigenvalue weighted by Crippen LogP contribution is -2.32. The van der Waals surface area contributed by atoms with Gasteiger partial charge in [0.1, 0.15) is 12.4 Å². The molecule has 0 spiro atoms. The van der Waals surface area contributed by atoms with E-state index in [2.05, 4.69) is 10.3 Å². The Morgan fingerprint density at radius 2 is 2.00 bits per heavy atom. The molecule has 25 heavy (non-hydrogen) atoms. The molecule has 5 nitrogen and oxygen atoms in total. The van der Waals surface area contributed by atoms with Gasteiger partial charge in [-0.15, -0.1) is 0 Å². The summed E-state index contributed by atoms with van der Waals surface area (Å²) in [6.07, 6.45) is 1.30. The molecular formula is C19H18FN3O2. The molecule has 3 aromatic rings. The van der Waals surface area contributed by atoms with Gasteiger partial charge in [0.15, 0.2) is 0 Å². The van der Waals surface area contributed by atoms with Gasteiger partial charge in [-0.05, 0) is 43.2 Å². The summed E-state index contributed by atoms with van der Waals surface area (Å²) < 4.78 is 14.5. The Kier molecular flexibility index (Phi) is 4.61. The van der Waals surface area contributed by atoms with Gasteiger partial charge in [0, 0.05) is 6.54 Å². The maximum Gasteiger partial charge on any atom is 0.261 e. The van der Waals surface area contributed by atoms with Crippen LogP contribution in [0.2, 0.25) is 0 Å². The number of carbonyl (C=O) groups excluding carboxylic acids is 1. The molecule has 0 aliphatic heterocycles. The highest BCUT2D eigenvalue weighted by atomic mass is 19.1. The highest BCUT2D eigenvalue weighted by molar-refractivity contribution is 5.79. The average molecular weight is 339 g/mol. The van der Waals surface area contributed by atoms with Gasteiger partial charge in [0.2, 0.25) is 5.91 Å². The highest BCUT2D eigenvalue weighted by Gasteiger charge is 2.09. The summed E-state index contributed by atoms with van der Waals surface area (Å²) in [5.41, 5.74) is 3.24. The summed E-state index contributed by atoms with van der Waals surface area (Å²) in [7, 11) is 0. The highest BCUT2D eigenvalue weighted by Crippen LogP contribution is 2.10. The average Bonchev–Trinajstić information content (AvgIpc) is 2.57. The van der Waals surface area contributed by atoms with Crippen molar-refractivity contribution < 1.29 is 9.18 Å². The number of carbonyl (C=O) groups is 1. The van der Waals surface area contributed by atoms with E-state index in [1.807, 2.05) is 32.0 Å². The number of halogens is 1. The van der Waals surface area contributed by atoms with E-state index in [0.717, 1.165) is 22.8 Å². The first-order chi connectivity index (χ1) is 11.9. The molecule has 0 saturated heterocycles. The van der Waals surface area contributed by atoms with Crippen molar-refractivity contribution in [3.8, 4) is 0 Å². The van der Waals surface area contributed by atoms with Crippen molar-refractivity contribution in [3.63, 3.8) is 0 Å². The van der Waals surface area contributed by atoms with E-state index in [-0.39, 0.29) is 17.8 Å². The third-order valence-electron chi connectivity index (χ3n) is 4.07. The lowest BCUT2D eigenvalue weighted by molar-refractivity contribution is -0.121. The molecule has 0 unspecified atom stereocenters. The van der Waals surface area contributed by atoms with Gasteiger partial charge in [-0.3, -0.25) is 14.2 Å². The standard InChI is InChI=1S/C19H18FN3O2/c1-12-3-4-14(13(2)7-12)9-21-18(24)10-23-11-22-17-6-5-15(20)8-16(17)19(23)25/h3-8,11H,9-10H2,1-2H3,(H,21,24). The Morgan fingerprint density at radius 3 is 2.76 bits per heavy atom. The number of hydrogen-bond donors (Lipinski definition) is 1. The molecule has 1 heterocycles. The van der Waals surface area contributed by atoms with Gasteiger partial charge in [-0.1, -0.05) is 23.8 Å². The van der Waals surface area contributed by atoms with Gasteiger partial charge in [0.25, 0.3) is 5.56 Å². The van der Waals surface area contributed by atoms with Crippen molar-refractivity contribution in [1.29, 1.82) is 0 Å². The van der Waals surface area contributed by atoms with Crippen molar-refractivity contribution in [1.82, 2.24) is 14.9 Å². The predicted octanol–water partition coefficient (Wildman–Crippen LogP) is 2.47. The van der Waals surface area contributed by atoms with Crippen LogP contribution in [0.25, 0.3) is 10.9 Å². The van der Waals surface area contributed by atoms with Crippen LogP contribution < -0.4 is 10.9 Å². The number of aryl methyl sites for hydroxylation is 2. The number of rotatable bonds is 4. The van der Waals surface area contributed by atoms with Crippen LogP contribution in [0.15, 0.2) is 47.5 Å². The van der Waals surface area contributed by atoms with Crippen molar-refractivity contribution in [2.75, 3.05) is 0 Å². The molecule has 2 aromatic carbocycles. The predicted molar refractivity (Wildman–Crippen MR) is 93.7 cm³/mol. The minimum atomic E-state index is -0.511. The van der Waals surface area contributed by atoms with Gasteiger partial charge in [-0.25, -0.2) is 9.37 Å². The fourth-order valence-corrected chi connectivity index (χ4v) is 2.69. The Balaban J connectivity index is 1.73. The van der Waals surface area contributed by atoms with Gasteiger partial charge in [0.05, 0.1) is 17.2 Å². The lowest BCUT2D eigenvalue weighted by atomic mass is 10.1. The molecule has 0 aliphatic rings. The van der Waals surface area contributed by atoms with Crippen LogP contribution in [0, 0.1) is 19.7 Å². The molecule has 128 valence electrons. The second-order valence-corrected chi connectivity index (χ2v) is 6.05. The molecule has 0 fully saturated rings. The Morgan fingerprint density at radius 1 is 1.20 bits per heavy atom. The Bertz CT molecular complexity index is 1010. The van der Waals surface area contributed by atoms with Crippen LogP contribution in [0.4, 0.5) is 4.39 Å². The van der Waals surface area contributed by atoms with Crippen LogP contribution in [-0.4, -0.2) is 15.5 Å². The molecular weight excluding hydrogens is 321 g/mol. The van der Waals surface area contributed by atoms with Crippen LogP contribution in [0.1, 0.15) is 16.7 Å². The summed E-state index contributed by atoms with van der Waals surface area (Å²) >= 11 is 0. The molecule has 0 saturated carbocycles. The first kappa shape index (κ1) is 16.8. The smallest absolute Gasteiger partial charge is 0.261 e. The second-order valence-electron chi connectivity index (χ2n) is 6.05. The topological polar surface area (TPSA) is 64.0 Å². The van der Waals surface area contributed by atoms with Crippen molar-refractivity contribution in [2.24, 2.45) is 0 Å². The van der Waals surface area contributed by atoms with Crippen LogP contribution in [-0.2, 0) is 17.9 Å². The number of amides is 1. The van der Waals surface area contributed by atoms with Crippen LogP contribution in [0.5, 0.6) is 0 Å². The van der Waals surface area contributed by atoms with Crippen molar-refractivity contribution in [3.05, 3.63) is 75.6 Å². The first-order valence-corrected chi connectivity index (χ1v) is 7.91. The summed E-state index contributed by atoms with van der Waals surface area (Å²) in [6, 6.07) is 9.83. The van der Waals surface area contributed by atoms with E-state index >= 15 is 0 Å². The maximum absolute atomic E-state index is 13.3. The third-order valence-corrected chi connectivity index (χ3v) is 4.07. The zero-order valence-corrected chi connectivity index (χ0v) is 14.0. The monoisotopic (exact) mass is 339 g/mol. The molecule has 0 atom stereocenters. The van der Waals surface area contributed by atoms with E-state index in [9.17, 15) is 14.0 Å². The molecule has 0 bridgehead atoms. The lowest BCUT2D eigenvalue weighted by Gasteiger charge is -2.10. The van der Waals surface area contributed by atoms with Crippen LogP contribution >= 0.6 is 0 Å². The first-order valence-electron chi connectivity index (χ1n) is 7.91. The van der Waals surface area contributed by atoms with E-state index in [1.165, 1.54) is 23.0 Å². The normalized spacial score (nSPS) is 10.8. The summed E-state index contributed by atoms with van der Waals surface area (Å²) in [6.45, 7) is 4.22. The van der Waals surface area contributed by atoms with Gasteiger partial charge >= 0.3 is 0 Å². The molecule has 1 aromatic heterocycles. The SMILES string of the molecule is Cc1ccc(CNC(=O)Cn2cnc3ccc(F)cc3c2=O)c(C)c1. The zero-order chi connectivity index (χ0) is 18.0. The van der Waals surface area contributed by atoms with Crippen molar-refractivity contribution >= 4 is 16.8 Å². The van der Waals surface area contributed by atoms with E-state index in [4.69, 9.17) is 0 Å². The number of fused-ring (bicyclic) bond motifs is 1. The van der Waals surface area contributed by atoms with E-state index < -0.39 is 11.4 Å². The van der Waals surface area contributed by atoms with E-state index in [0.29, 0.717) is 12.1 Å². The van der Waals surface area contributed by atoms with Crippen molar-refractivity contribution in [2.45, 2.75) is 26.9 Å². The third kappa shape index (κ3) is 3.74. The number of hydrogen-bond acceptors (Lipinski definition) is 3. The molecule has 0 radical (unpaired) electrons. The molecule has 3 rings (SSSR count). The second kappa shape index (κ2) is 6.84. The Hall–Kier alpha value is -3.02. The Labute approximate surface area is 144 Å².